The molecule has 0 radical (unpaired) electrons. The molecule has 0 aliphatic carbocycles. The minimum atomic E-state index is -4.10. The molecule has 1 aromatic carbocycles. The summed E-state index contributed by atoms with van der Waals surface area (Å²) < 4.78 is 36.9. The first-order valence-electron chi connectivity index (χ1n) is 5.85. The van der Waals surface area contributed by atoms with Crippen molar-refractivity contribution in [3.8, 4) is 6.07 Å². The molecule has 1 atom stereocenters. The third kappa shape index (κ3) is 5.97. The van der Waals surface area contributed by atoms with E-state index in [0.717, 1.165) is 4.47 Å². The number of nitrogens with one attached hydrogen (secondary N) is 1. The summed E-state index contributed by atoms with van der Waals surface area (Å²) >= 11 is 3.26. The van der Waals surface area contributed by atoms with Crippen LogP contribution in [-0.2, 0) is 0 Å². The van der Waals surface area contributed by atoms with Crippen LogP contribution in [0.2, 0.25) is 0 Å². The van der Waals surface area contributed by atoms with Crippen molar-refractivity contribution >= 4 is 21.6 Å². The van der Waals surface area contributed by atoms with Gasteiger partial charge >= 0.3 is 6.18 Å². The van der Waals surface area contributed by atoms with Gasteiger partial charge in [0, 0.05) is 16.9 Å². The molecule has 2 nitrogen and oxygen atoms in total. The van der Waals surface area contributed by atoms with E-state index >= 15 is 0 Å². The van der Waals surface area contributed by atoms with Gasteiger partial charge in [-0.15, -0.1) is 0 Å². The maximum atomic E-state index is 12.0. The molecule has 0 aliphatic rings. The second-order valence-corrected chi connectivity index (χ2v) is 5.27. The van der Waals surface area contributed by atoms with Crippen molar-refractivity contribution < 1.29 is 13.2 Å². The molecule has 1 N–H and O–H groups in total. The van der Waals surface area contributed by atoms with Crippen molar-refractivity contribution in [3.63, 3.8) is 0 Å². The maximum absolute atomic E-state index is 12.0. The van der Waals surface area contributed by atoms with Gasteiger partial charge in [0.2, 0.25) is 0 Å². The van der Waals surface area contributed by atoms with Crippen molar-refractivity contribution in [1.29, 1.82) is 5.26 Å². The van der Waals surface area contributed by atoms with Gasteiger partial charge < -0.3 is 5.32 Å². The topological polar surface area (TPSA) is 35.8 Å². The first-order chi connectivity index (χ1) is 8.81. The van der Waals surface area contributed by atoms with Crippen LogP contribution in [0.4, 0.5) is 18.9 Å². The van der Waals surface area contributed by atoms with Crippen molar-refractivity contribution in [2.45, 2.75) is 38.4 Å². The molecule has 0 heterocycles. The standard InChI is InChI=1S/C13H14BrF3N2/c1-9(3-2-6-13(15,16)17)19-12-5-4-11(14)7-10(12)8-18/h4-5,7,9,19H,2-3,6H2,1H3. The third-order valence-electron chi connectivity index (χ3n) is 2.60. The maximum Gasteiger partial charge on any atom is 0.389 e. The van der Waals surface area contributed by atoms with Crippen LogP contribution < -0.4 is 5.32 Å². The van der Waals surface area contributed by atoms with Gasteiger partial charge in [-0.3, -0.25) is 0 Å². The summed E-state index contributed by atoms with van der Waals surface area (Å²) in [4.78, 5) is 0. The zero-order valence-corrected chi connectivity index (χ0v) is 12.0. The zero-order chi connectivity index (χ0) is 14.5. The van der Waals surface area contributed by atoms with E-state index < -0.39 is 12.6 Å². The summed E-state index contributed by atoms with van der Waals surface area (Å²) in [6.45, 7) is 1.81. The molecule has 1 rings (SSSR count). The number of hydrogen-bond acceptors (Lipinski definition) is 2. The van der Waals surface area contributed by atoms with Gasteiger partial charge in [0.25, 0.3) is 0 Å². The van der Waals surface area contributed by atoms with E-state index in [1.54, 1.807) is 25.1 Å². The Kier molecular flexibility index (Phi) is 5.67. The molecule has 0 aliphatic heterocycles. The van der Waals surface area contributed by atoms with Crippen LogP contribution in [0.25, 0.3) is 0 Å². The molecule has 0 saturated heterocycles. The molecule has 104 valence electrons. The largest absolute Gasteiger partial charge is 0.389 e. The summed E-state index contributed by atoms with van der Waals surface area (Å²) in [5, 5.41) is 12.0. The molecule has 0 saturated carbocycles. The second-order valence-electron chi connectivity index (χ2n) is 4.35. The predicted molar refractivity (Wildman–Crippen MR) is 71.8 cm³/mol. The molecule has 6 heteroatoms. The van der Waals surface area contributed by atoms with E-state index in [0.29, 0.717) is 17.7 Å². The number of nitriles is 1. The first-order valence-corrected chi connectivity index (χ1v) is 6.64. The fourth-order valence-corrected chi connectivity index (χ4v) is 2.04. The van der Waals surface area contributed by atoms with Crippen LogP contribution in [0.1, 0.15) is 31.7 Å². The van der Waals surface area contributed by atoms with E-state index in [2.05, 4.69) is 21.2 Å². The predicted octanol–water partition coefficient (Wildman–Crippen LogP) is 4.85. The molecule has 0 amide bonds. The summed E-state index contributed by atoms with van der Waals surface area (Å²) in [5.74, 6) is 0. The highest BCUT2D eigenvalue weighted by Crippen LogP contribution is 2.24. The fourth-order valence-electron chi connectivity index (χ4n) is 1.68. The Labute approximate surface area is 118 Å². The van der Waals surface area contributed by atoms with Gasteiger partial charge in [-0.1, -0.05) is 15.9 Å². The molecule has 0 aromatic heterocycles. The van der Waals surface area contributed by atoms with Gasteiger partial charge in [0.05, 0.1) is 11.3 Å². The molecule has 0 fully saturated rings. The number of hydrogen-bond donors (Lipinski definition) is 1. The van der Waals surface area contributed by atoms with Gasteiger partial charge in [0.15, 0.2) is 0 Å². The van der Waals surface area contributed by atoms with Crippen molar-refractivity contribution in [2.24, 2.45) is 0 Å². The van der Waals surface area contributed by atoms with E-state index in [1.807, 2.05) is 6.07 Å². The number of anilines is 1. The number of rotatable bonds is 5. The van der Waals surface area contributed by atoms with Crippen LogP contribution in [0.5, 0.6) is 0 Å². The molecule has 0 spiro atoms. The monoisotopic (exact) mass is 334 g/mol. The summed E-state index contributed by atoms with van der Waals surface area (Å²) in [6, 6.07) is 7.13. The highest BCUT2D eigenvalue weighted by molar-refractivity contribution is 9.10. The number of nitrogens with zero attached hydrogens (tertiary/aromatic N) is 1. The smallest absolute Gasteiger partial charge is 0.382 e. The van der Waals surface area contributed by atoms with Crippen LogP contribution >= 0.6 is 15.9 Å². The normalized spacial score (nSPS) is 12.8. The first kappa shape index (κ1) is 15.8. The second kappa shape index (κ2) is 6.80. The van der Waals surface area contributed by atoms with Gasteiger partial charge in [-0.2, -0.15) is 18.4 Å². The average molecular weight is 335 g/mol. The zero-order valence-electron chi connectivity index (χ0n) is 10.4. The van der Waals surface area contributed by atoms with Crippen LogP contribution in [0, 0.1) is 11.3 Å². The molecule has 1 unspecified atom stereocenters. The Morgan fingerprint density at radius 1 is 1.42 bits per heavy atom. The highest BCUT2D eigenvalue weighted by atomic mass is 79.9. The van der Waals surface area contributed by atoms with E-state index in [9.17, 15) is 13.2 Å². The molecule has 1 aromatic rings. The lowest BCUT2D eigenvalue weighted by Gasteiger charge is -2.16. The lowest BCUT2D eigenvalue weighted by Crippen LogP contribution is -2.17. The highest BCUT2D eigenvalue weighted by Gasteiger charge is 2.26. The van der Waals surface area contributed by atoms with E-state index in [4.69, 9.17) is 5.26 Å². The molecule has 0 bridgehead atoms. The van der Waals surface area contributed by atoms with Crippen LogP contribution in [0.3, 0.4) is 0 Å². The number of benzene rings is 1. The summed E-state index contributed by atoms with van der Waals surface area (Å²) in [6.07, 6.45) is -4.39. The SMILES string of the molecule is CC(CCCC(F)(F)F)Nc1ccc(Br)cc1C#N. The van der Waals surface area contributed by atoms with Crippen molar-refractivity contribution in [3.05, 3.63) is 28.2 Å². The fraction of sp³-hybridized carbons (Fsp3) is 0.462. The number of halogens is 4. The Morgan fingerprint density at radius 3 is 2.68 bits per heavy atom. The minimum Gasteiger partial charge on any atom is -0.382 e. The van der Waals surface area contributed by atoms with Gasteiger partial charge in [-0.05, 0) is 38.0 Å². The van der Waals surface area contributed by atoms with Gasteiger partial charge in [0.1, 0.15) is 6.07 Å². The van der Waals surface area contributed by atoms with Gasteiger partial charge in [-0.25, -0.2) is 0 Å². The quantitative estimate of drug-likeness (QED) is 0.835. The van der Waals surface area contributed by atoms with E-state index in [-0.39, 0.29) is 12.5 Å². The van der Waals surface area contributed by atoms with Crippen molar-refractivity contribution in [1.82, 2.24) is 0 Å². The lowest BCUT2D eigenvalue weighted by molar-refractivity contribution is -0.135. The molecular formula is C13H14BrF3N2. The van der Waals surface area contributed by atoms with Crippen LogP contribution in [0.15, 0.2) is 22.7 Å². The van der Waals surface area contributed by atoms with E-state index in [1.165, 1.54) is 0 Å². The number of alkyl halides is 3. The summed E-state index contributed by atoms with van der Waals surface area (Å²) in [5.41, 5.74) is 1.11. The Bertz CT molecular complexity index is 466. The van der Waals surface area contributed by atoms with Crippen LogP contribution in [-0.4, -0.2) is 12.2 Å². The lowest BCUT2D eigenvalue weighted by atomic mass is 10.1. The Morgan fingerprint density at radius 2 is 2.11 bits per heavy atom. The Hall–Kier alpha value is -1.22. The third-order valence-corrected chi connectivity index (χ3v) is 3.09. The molecular weight excluding hydrogens is 321 g/mol. The Balaban J connectivity index is 2.53. The summed E-state index contributed by atoms with van der Waals surface area (Å²) in [7, 11) is 0. The minimum absolute atomic E-state index is 0.0794. The average Bonchev–Trinajstić information content (AvgIpc) is 2.29. The van der Waals surface area contributed by atoms with Crippen molar-refractivity contribution in [2.75, 3.05) is 5.32 Å². The molecule has 19 heavy (non-hydrogen) atoms.